The Morgan fingerprint density at radius 2 is 1.94 bits per heavy atom. The SMILES string of the molecule is COc1cc(OC)nc(NCc2cncs2)n1. The van der Waals surface area contributed by atoms with E-state index < -0.39 is 0 Å². The molecule has 6 nitrogen and oxygen atoms in total. The van der Waals surface area contributed by atoms with Gasteiger partial charge in [-0.05, 0) is 0 Å². The van der Waals surface area contributed by atoms with E-state index in [0.29, 0.717) is 24.3 Å². The minimum absolute atomic E-state index is 0.462. The summed E-state index contributed by atoms with van der Waals surface area (Å²) in [6.45, 7) is 0.626. The highest BCUT2D eigenvalue weighted by atomic mass is 32.1. The molecule has 0 saturated heterocycles. The van der Waals surface area contributed by atoms with E-state index in [9.17, 15) is 0 Å². The van der Waals surface area contributed by atoms with E-state index in [1.54, 1.807) is 43.3 Å². The van der Waals surface area contributed by atoms with Crippen molar-refractivity contribution in [3.63, 3.8) is 0 Å². The maximum atomic E-state index is 5.05. The zero-order valence-electron chi connectivity index (χ0n) is 9.51. The Morgan fingerprint density at radius 1 is 1.24 bits per heavy atom. The molecule has 0 aliphatic rings. The van der Waals surface area contributed by atoms with Crippen molar-refractivity contribution in [2.45, 2.75) is 6.54 Å². The molecule has 0 aliphatic carbocycles. The zero-order valence-corrected chi connectivity index (χ0v) is 10.3. The van der Waals surface area contributed by atoms with Crippen LogP contribution in [-0.2, 0) is 6.54 Å². The molecule has 0 bridgehead atoms. The summed E-state index contributed by atoms with van der Waals surface area (Å²) in [4.78, 5) is 13.4. The van der Waals surface area contributed by atoms with E-state index in [-0.39, 0.29) is 0 Å². The van der Waals surface area contributed by atoms with E-state index in [2.05, 4.69) is 20.3 Å². The van der Waals surface area contributed by atoms with Crippen molar-refractivity contribution in [2.24, 2.45) is 0 Å². The normalized spacial score (nSPS) is 10.0. The molecule has 2 heterocycles. The smallest absolute Gasteiger partial charge is 0.229 e. The number of methoxy groups -OCH3 is 2. The minimum Gasteiger partial charge on any atom is -0.481 e. The van der Waals surface area contributed by atoms with Crippen LogP contribution in [-0.4, -0.2) is 29.2 Å². The first kappa shape index (κ1) is 11.6. The highest BCUT2D eigenvalue weighted by Crippen LogP contribution is 2.18. The van der Waals surface area contributed by atoms with Crippen molar-refractivity contribution in [3.8, 4) is 11.8 Å². The number of hydrogen-bond donors (Lipinski definition) is 1. The monoisotopic (exact) mass is 252 g/mol. The molecule has 17 heavy (non-hydrogen) atoms. The Morgan fingerprint density at radius 3 is 2.47 bits per heavy atom. The Bertz CT molecular complexity index is 453. The maximum absolute atomic E-state index is 5.05. The van der Waals surface area contributed by atoms with Crippen molar-refractivity contribution >= 4 is 17.3 Å². The van der Waals surface area contributed by atoms with Crippen molar-refractivity contribution in [3.05, 3.63) is 22.7 Å². The van der Waals surface area contributed by atoms with E-state index in [0.717, 1.165) is 4.88 Å². The van der Waals surface area contributed by atoms with Gasteiger partial charge in [0.2, 0.25) is 17.7 Å². The summed E-state index contributed by atoms with van der Waals surface area (Å²) >= 11 is 1.57. The number of anilines is 1. The molecule has 7 heteroatoms. The van der Waals surface area contributed by atoms with Crippen LogP contribution in [0.15, 0.2) is 17.8 Å². The Hall–Kier alpha value is -1.89. The van der Waals surface area contributed by atoms with Crippen LogP contribution in [0.4, 0.5) is 5.95 Å². The lowest BCUT2D eigenvalue weighted by molar-refractivity contribution is 0.373. The van der Waals surface area contributed by atoms with Crippen LogP contribution in [0.25, 0.3) is 0 Å². The predicted octanol–water partition coefficient (Wildman–Crippen LogP) is 1.56. The van der Waals surface area contributed by atoms with E-state index in [4.69, 9.17) is 9.47 Å². The first-order valence-corrected chi connectivity index (χ1v) is 5.78. The Labute approximate surface area is 103 Å². The van der Waals surface area contributed by atoms with Gasteiger partial charge in [0.25, 0.3) is 0 Å². The number of rotatable bonds is 5. The highest BCUT2D eigenvalue weighted by molar-refractivity contribution is 7.09. The molecule has 90 valence electrons. The van der Waals surface area contributed by atoms with Gasteiger partial charge >= 0.3 is 0 Å². The lowest BCUT2D eigenvalue weighted by atomic mass is 10.5. The Balaban J connectivity index is 2.09. The predicted molar refractivity (Wildman–Crippen MR) is 64.6 cm³/mol. The molecule has 0 unspecified atom stereocenters. The maximum Gasteiger partial charge on any atom is 0.229 e. The molecule has 0 spiro atoms. The number of hydrogen-bond acceptors (Lipinski definition) is 7. The highest BCUT2D eigenvalue weighted by Gasteiger charge is 2.05. The first-order valence-electron chi connectivity index (χ1n) is 4.90. The lowest BCUT2D eigenvalue weighted by Gasteiger charge is -2.07. The molecule has 0 atom stereocenters. The van der Waals surface area contributed by atoms with E-state index >= 15 is 0 Å². The molecule has 2 aromatic rings. The minimum atomic E-state index is 0.462. The summed E-state index contributed by atoms with van der Waals surface area (Å²) in [5.74, 6) is 1.39. The molecule has 1 N–H and O–H groups in total. The van der Waals surface area contributed by atoms with Crippen molar-refractivity contribution < 1.29 is 9.47 Å². The third-order valence-electron chi connectivity index (χ3n) is 2.00. The van der Waals surface area contributed by atoms with Gasteiger partial charge in [-0.15, -0.1) is 11.3 Å². The standard InChI is InChI=1S/C10H12N4O2S/c1-15-8-3-9(16-2)14-10(13-8)12-5-7-4-11-6-17-7/h3-4,6H,5H2,1-2H3,(H,12,13,14). The van der Waals surface area contributed by atoms with Gasteiger partial charge in [0.15, 0.2) is 0 Å². The second kappa shape index (κ2) is 5.44. The van der Waals surface area contributed by atoms with Gasteiger partial charge in [-0.25, -0.2) is 0 Å². The number of aromatic nitrogens is 3. The van der Waals surface area contributed by atoms with Crippen LogP contribution < -0.4 is 14.8 Å². The molecule has 2 aromatic heterocycles. The third-order valence-corrected chi connectivity index (χ3v) is 2.78. The molecule has 2 rings (SSSR count). The second-order valence-electron chi connectivity index (χ2n) is 3.10. The first-order chi connectivity index (χ1) is 8.31. The van der Waals surface area contributed by atoms with Gasteiger partial charge in [0.05, 0.1) is 32.3 Å². The molecule has 0 aromatic carbocycles. The summed E-state index contributed by atoms with van der Waals surface area (Å²) in [6.07, 6.45) is 1.80. The zero-order chi connectivity index (χ0) is 12.1. The molecule has 0 aliphatic heterocycles. The van der Waals surface area contributed by atoms with Gasteiger partial charge in [0, 0.05) is 11.1 Å². The fraction of sp³-hybridized carbons (Fsp3) is 0.300. The lowest BCUT2D eigenvalue weighted by Crippen LogP contribution is -2.04. The summed E-state index contributed by atoms with van der Waals surface area (Å²) in [6, 6.07) is 1.62. The van der Waals surface area contributed by atoms with Crippen LogP contribution in [0.1, 0.15) is 4.88 Å². The van der Waals surface area contributed by atoms with Gasteiger partial charge in [-0.1, -0.05) is 0 Å². The fourth-order valence-corrected chi connectivity index (χ4v) is 1.72. The van der Waals surface area contributed by atoms with Crippen LogP contribution in [0.5, 0.6) is 11.8 Å². The molecule has 0 saturated carbocycles. The molecular formula is C10H12N4O2S. The van der Waals surface area contributed by atoms with Crippen molar-refractivity contribution in [1.82, 2.24) is 15.0 Å². The van der Waals surface area contributed by atoms with Crippen molar-refractivity contribution in [2.75, 3.05) is 19.5 Å². The van der Waals surface area contributed by atoms with Crippen LogP contribution in [0.2, 0.25) is 0 Å². The second-order valence-corrected chi connectivity index (χ2v) is 4.07. The number of thiazole rings is 1. The van der Waals surface area contributed by atoms with Gasteiger partial charge in [-0.2, -0.15) is 9.97 Å². The average Bonchev–Trinajstić information content (AvgIpc) is 2.89. The topological polar surface area (TPSA) is 69.2 Å². The fourth-order valence-electron chi connectivity index (χ4n) is 1.19. The Kier molecular flexibility index (Phi) is 3.71. The molecular weight excluding hydrogens is 240 g/mol. The largest absolute Gasteiger partial charge is 0.481 e. The van der Waals surface area contributed by atoms with Gasteiger partial charge in [-0.3, -0.25) is 4.98 Å². The van der Waals surface area contributed by atoms with Crippen LogP contribution >= 0.6 is 11.3 Å². The summed E-state index contributed by atoms with van der Waals surface area (Å²) in [5.41, 5.74) is 1.78. The summed E-state index contributed by atoms with van der Waals surface area (Å²) in [5, 5.41) is 3.08. The summed E-state index contributed by atoms with van der Waals surface area (Å²) < 4.78 is 10.1. The van der Waals surface area contributed by atoms with Gasteiger partial charge in [0.1, 0.15) is 0 Å². The van der Waals surface area contributed by atoms with Gasteiger partial charge < -0.3 is 14.8 Å². The van der Waals surface area contributed by atoms with E-state index in [1.165, 1.54) is 0 Å². The molecule has 0 amide bonds. The molecule has 0 radical (unpaired) electrons. The van der Waals surface area contributed by atoms with Crippen LogP contribution in [0.3, 0.4) is 0 Å². The van der Waals surface area contributed by atoms with Crippen molar-refractivity contribution in [1.29, 1.82) is 0 Å². The number of ether oxygens (including phenoxy) is 2. The van der Waals surface area contributed by atoms with Crippen LogP contribution in [0, 0.1) is 0 Å². The number of nitrogens with zero attached hydrogens (tertiary/aromatic N) is 3. The van der Waals surface area contributed by atoms with E-state index in [1.807, 2.05) is 0 Å². The number of nitrogens with one attached hydrogen (secondary N) is 1. The summed E-state index contributed by atoms with van der Waals surface area (Å²) in [7, 11) is 3.10. The quantitative estimate of drug-likeness (QED) is 0.871. The third kappa shape index (κ3) is 3.04. The average molecular weight is 252 g/mol. The molecule has 0 fully saturated rings.